The number of amides is 1. The molecule has 0 atom stereocenters. The van der Waals surface area contributed by atoms with Gasteiger partial charge in [-0.1, -0.05) is 23.7 Å². The molecule has 0 aliphatic rings. The minimum absolute atomic E-state index is 0.0980. The van der Waals surface area contributed by atoms with Gasteiger partial charge < -0.3 is 10.1 Å². The molecule has 10 heteroatoms. The van der Waals surface area contributed by atoms with E-state index in [2.05, 4.69) is 15.3 Å². The number of sulfone groups is 1. The number of benzene rings is 2. The molecule has 0 bridgehead atoms. The van der Waals surface area contributed by atoms with Gasteiger partial charge in [0.25, 0.3) is 5.91 Å². The number of hydrogen-bond donors (Lipinski definition) is 1. The molecule has 0 saturated heterocycles. The largest absolute Gasteiger partial charge is 0.494 e. The molecular formula is C20H17ClFN3O4S. The van der Waals surface area contributed by atoms with Crippen LogP contribution in [-0.4, -0.2) is 30.9 Å². The number of halogens is 2. The molecule has 3 aromatic rings. The van der Waals surface area contributed by atoms with Crippen molar-refractivity contribution in [2.45, 2.75) is 17.8 Å². The molecule has 1 aromatic heterocycles. The summed E-state index contributed by atoms with van der Waals surface area (Å²) in [5.41, 5.74) is 0.530. The Balaban J connectivity index is 1.81. The molecule has 1 N–H and O–H groups in total. The summed E-state index contributed by atoms with van der Waals surface area (Å²) in [7, 11) is -3.98. The number of carbonyl (C=O) groups is 1. The molecule has 0 aliphatic carbocycles. The minimum atomic E-state index is -3.98. The van der Waals surface area contributed by atoms with Gasteiger partial charge in [-0.15, -0.1) is 0 Å². The van der Waals surface area contributed by atoms with Crippen molar-refractivity contribution in [2.24, 2.45) is 0 Å². The molecule has 0 aliphatic heterocycles. The van der Waals surface area contributed by atoms with Crippen molar-refractivity contribution in [3.8, 4) is 5.75 Å². The summed E-state index contributed by atoms with van der Waals surface area (Å²) in [5, 5.41) is 1.95. The van der Waals surface area contributed by atoms with E-state index in [1.807, 2.05) is 6.92 Å². The van der Waals surface area contributed by atoms with Crippen LogP contribution in [0.5, 0.6) is 5.75 Å². The van der Waals surface area contributed by atoms with Gasteiger partial charge >= 0.3 is 0 Å². The zero-order valence-corrected chi connectivity index (χ0v) is 17.4. The topological polar surface area (TPSA) is 98.2 Å². The minimum Gasteiger partial charge on any atom is -0.494 e. The lowest BCUT2D eigenvalue weighted by Crippen LogP contribution is -2.18. The molecule has 30 heavy (non-hydrogen) atoms. The van der Waals surface area contributed by atoms with E-state index in [1.54, 1.807) is 24.3 Å². The Labute approximate surface area is 177 Å². The number of nitrogens with one attached hydrogen (secondary N) is 1. The van der Waals surface area contributed by atoms with Gasteiger partial charge in [0, 0.05) is 5.69 Å². The van der Waals surface area contributed by atoms with Crippen LogP contribution in [0, 0.1) is 5.82 Å². The predicted molar refractivity (Wildman–Crippen MR) is 110 cm³/mol. The molecule has 0 saturated carbocycles. The fourth-order valence-corrected chi connectivity index (χ4v) is 3.90. The van der Waals surface area contributed by atoms with E-state index in [0.29, 0.717) is 23.6 Å². The maximum Gasteiger partial charge on any atom is 0.275 e. The summed E-state index contributed by atoms with van der Waals surface area (Å²) in [6, 6.07) is 11.6. The van der Waals surface area contributed by atoms with Crippen LogP contribution >= 0.6 is 11.6 Å². The van der Waals surface area contributed by atoms with Crippen molar-refractivity contribution in [2.75, 3.05) is 11.9 Å². The summed E-state index contributed by atoms with van der Waals surface area (Å²) in [6.45, 7) is 2.37. The molecule has 2 aromatic carbocycles. The third-order valence-electron chi connectivity index (χ3n) is 3.91. The Morgan fingerprint density at radius 2 is 1.80 bits per heavy atom. The van der Waals surface area contributed by atoms with Gasteiger partial charge in [0.05, 0.1) is 23.6 Å². The van der Waals surface area contributed by atoms with Crippen LogP contribution in [0.2, 0.25) is 5.02 Å². The molecule has 1 amide bonds. The van der Waals surface area contributed by atoms with Crippen LogP contribution in [0.4, 0.5) is 10.1 Å². The van der Waals surface area contributed by atoms with E-state index in [-0.39, 0.29) is 10.7 Å². The monoisotopic (exact) mass is 449 g/mol. The average molecular weight is 450 g/mol. The van der Waals surface area contributed by atoms with Crippen LogP contribution in [0.3, 0.4) is 0 Å². The summed E-state index contributed by atoms with van der Waals surface area (Å²) >= 11 is 6.01. The number of hydrogen-bond acceptors (Lipinski definition) is 6. The van der Waals surface area contributed by atoms with Crippen molar-refractivity contribution in [1.29, 1.82) is 0 Å². The lowest BCUT2D eigenvalue weighted by Gasteiger charge is -2.09. The van der Waals surface area contributed by atoms with Crippen LogP contribution in [0.1, 0.15) is 23.0 Å². The van der Waals surface area contributed by atoms with Crippen molar-refractivity contribution in [3.05, 3.63) is 76.8 Å². The Bertz CT molecular complexity index is 1150. The highest BCUT2D eigenvalue weighted by atomic mass is 35.5. The van der Waals surface area contributed by atoms with Gasteiger partial charge in [-0.2, -0.15) is 0 Å². The number of carbonyl (C=O) groups excluding carboxylic acids is 1. The highest BCUT2D eigenvalue weighted by Gasteiger charge is 2.23. The molecule has 0 fully saturated rings. The molecule has 1 heterocycles. The van der Waals surface area contributed by atoms with Gasteiger partial charge in [-0.3, -0.25) is 4.79 Å². The lowest BCUT2D eigenvalue weighted by atomic mass is 10.2. The third-order valence-corrected chi connectivity index (χ3v) is 5.65. The van der Waals surface area contributed by atoms with Gasteiger partial charge in [0.15, 0.2) is 5.69 Å². The maximum absolute atomic E-state index is 13.0. The van der Waals surface area contributed by atoms with E-state index in [0.717, 1.165) is 18.3 Å². The van der Waals surface area contributed by atoms with Crippen LogP contribution in [0.25, 0.3) is 0 Å². The number of anilines is 1. The molecule has 3 rings (SSSR count). The second-order valence-corrected chi connectivity index (χ2v) is 8.44. The standard InChI is InChI=1S/C20H17ClFN3O4S/c1-2-29-16-9-7-15(8-10-16)24-19(26)18-17(21)11-23-20(25-18)30(27,28)12-13-3-5-14(22)6-4-13/h3-11H,2,12H2,1H3,(H,24,26). The number of ether oxygens (including phenoxy) is 1. The molecule has 7 nitrogen and oxygen atoms in total. The van der Waals surface area contributed by atoms with Crippen molar-refractivity contribution < 1.29 is 22.3 Å². The molecule has 0 spiro atoms. The highest BCUT2D eigenvalue weighted by Crippen LogP contribution is 2.20. The quantitative estimate of drug-likeness (QED) is 0.549. The van der Waals surface area contributed by atoms with Gasteiger partial charge in [-0.25, -0.2) is 22.8 Å². The fourth-order valence-electron chi connectivity index (χ4n) is 2.52. The molecular weight excluding hydrogens is 433 g/mol. The van der Waals surface area contributed by atoms with Crippen LogP contribution < -0.4 is 10.1 Å². The average Bonchev–Trinajstić information content (AvgIpc) is 2.71. The second kappa shape index (κ2) is 9.19. The Morgan fingerprint density at radius 1 is 1.13 bits per heavy atom. The summed E-state index contributed by atoms with van der Waals surface area (Å²) in [5.74, 6) is -0.976. The van der Waals surface area contributed by atoms with Crippen molar-refractivity contribution in [1.82, 2.24) is 9.97 Å². The van der Waals surface area contributed by atoms with E-state index in [9.17, 15) is 17.6 Å². The Hall–Kier alpha value is -3.04. The molecule has 156 valence electrons. The number of aromatic nitrogens is 2. The lowest BCUT2D eigenvalue weighted by molar-refractivity contribution is 0.102. The molecule has 0 radical (unpaired) electrons. The van der Waals surface area contributed by atoms with Crippen molar-refractivity contribution in [3.63, 3.8) is 0 Å². The van der Waals surface area contributed by atoms with Crippen LogP contribution in [-0.2, 0) is 15.6 Å². The van der Waals surface area contributed by atoms with E-state index in [1.165, 1.54) is 12.1 Å². The van der Waals surface area contributed by atoms with Crippen molar-refractivity contribution >= 4 is 33.0 Å². The van der Waals surface area contributed by atoms with E-state index in [4.69, 9.17) is 16.3 Å². The van der Waals surface area contributed by atoms with E-state index < -0.39 is 32.5 Å². The Morgan fingerprint density at radius 3 is 2.43 bits per heavy atom. The zero-order valence-electron chi connectivity index (χ0n) is 15.8. The highest BCUT2D eigenvalue weighted by molar-refractivity contribution is 7.90. The van der Waals surface area contributed by atoms with E-state index >= 15 is 0 Å². The molecule has 0 unspecified atom stereocenters. The van der Waals surface area contributed by atoms with Crippen LogP contribution in [0.15, 0.2) is 59.9 Å². The third kappa shape index (κ3) is 5.31. The normalized spacial score (nSPS) is 11.2. The van der Waals surface area contributed by atoms with Gasteiger partial charge in [0.2, 0.25) is 15.0 Å². The number of rotatable bonds is 7. The first-order valence-corrected chi connectivity index (χ1v) is 10.9. The van der Waals surface area contributed by atoms with Gasteiger partial charge in [-0.05, 0) is 48.9 Å². The first kappa shape index (κ1) is 21.7. The smallest absolute Gasteiger partial charge is 0.275 e. The predicted octanol–water partition coefficient (Wildman–Crippen LogP) is 3.89. The zero-order chi connectivity index (χ0) is 21.7. The Kier molecular flexibility index (Phi) is 6.63. The summed E-state index contributed by atoms with van der Waals surface area (Å²) in [4.78, 5) is 20.2. The SMILES string of the molecule is CCOc1ccc(NC(=O)c2nc(S(=O)(=O)Cc3ccc(F)cc3)ncc2Cl)cc1. The maximum atomic E-state index is 13.0. The summed E-state index contributed by atoms with van der Waals surface area (Å²) in [6.07, 6.45) is 1.05. The number of nitrogens with zero attached hydrogens (tertiary/aromatic N) is 2. The first-order chi connectivity index (χ1) is 14.3. The second-order valence-electron chi connectivity index (χ2n) is 6.15. The van der Waals surface area contributed by atoms with Gasteiger partial charge in [0.1, 0.15) is 11.6 Å². The first-order valence-electron chi connectivity index (χ1n) is 8.82. The summed E-state index contributed by atoms with van der Waals surface area (Å²) < 4.78 is 43.6. The fraction of sp³-hybridized carbons (Fsp3) is 0.150.